The molecule has 5 heteroatoms. The summed E-state index contributed by atoms with van der Waals surface area (Å²) >= 11 is 0. The second-order valence-corrected chi connectivity index (χ2v) is 4.91. The van der Waals surface area contributed by atoms with E-state index in [-0.39, 0.29) is 5.91 Å². The van der Waals surface area contributed by atoms with Crippen LogP contribution in [0.15, 0.2) is 30.7 Å². The van der Waals surface area contributed by atoms with Gasteiger partial charge >= 0.3 is 0 Å². The van der Waals surface area contributed by atoms with E-state index in [0.29, 0.717) is 5.69 Å². The Morgan fingerprint density at radius 3 is 2.95 bits per heavy atom. The molecule has 0 aromatic carbocycles. The van der Waals surface area contributed by atoms with E-state index in [2.05, 4.69) is 26.7 Å². The fourth-order valence-corrected chi connectivity index (χ4v) is 2.37. The zero-order valence-corrected chi connectivity index (χ0v) is 11.3. The molecule has 0 saturated heterocycles. The van der Waals surface area contributed by atoms with E-state index in [4.69, 9.17) is 0 Å². The van der Waals surface area contributed by atoms with Crippen LogP contribution in [-0.2, 0) is 11.2 Å². The molecule has 1 aliphatic rings. The molecule has 3 rings (SSSR count). The van der Waals surface area contributed by atoms with Gasteiger partial charge in [-0.3, -0.25) is 9.78 Å². The van der Waals surface area contributed by atoms with Crippen molar-refractivity contribution in [2.75, 3.05) is 17.2 Å². The number of nitrogens with zero attached hydrogens (tertiary/aromatic N) is 2. The quantitative estimate of drug-likeness (QED) is 0.878. The minimum atomic E-state index is -0.100. The minimum absolute atomic E-state index is 0.100. The van der Waals surface area contributed by atoms with Crippen LogP contribution in [0.2, 0.25) is 0 Å². The molecular weight excluding hydrogens is 252 g/mol. The van der Waals surface area contributed by atoms with E-state index in [1.807, 2.05) is 12.3 Å². The van der Waals surface area contributed by atoms with E-state index in [0.717, 1.165) is 36.3 Å². The summed E-state index contributed by atoms with van der Waals surface area (Å²) in [5.41, 5.74) is 3.91. The maximum atomic E-state index is 11.1. The SMILES string of the molecule is CC(=O)Nc1cncc(-c2cnc3c(c2)CCCN3)c1. The Morgan fingerprint density at radius 2 is 2.10 bits per heavy atom. The van der Waals surface area contributed by atoms with E-state index in [1.165, 1.54) is 12.5 Å². The smallest absolute Gasteiger partial charge is 0.221 e. The Kier molecular flexibility index (Phi) is 3.33. The van der Waals surface area contributed by atoms with Crippen LogP contribution in [0.25, 0.3) is 11.1 Å². The second kappa shape index (κ2) is 5.28. The molecule has 0 bridgehead atoms. The van der Waals surface area contributed by atoms with E-state index in [1.54, 1.807) is 12.4 Å². The van der Waals surface area contributed by atoms with Crippen LogP contribution in [0.4, 0.5) is 11.5 Å². The molecule has 1 amide bonds. The van der Waals surface area contributed by atoms with Crippen molar-refractivity contribution in [2.24, 2.45) is 0 Å². The number of aromatic nitrogens is 2. The predicted molar refractivity (Wildman–Crippen MR) is 78.6 cm³/mol. The molecule has 5 nitrogen and oxygen atoms in total. The summed E-state index contributed by atoms with van der Waals surface area (Å²) in [5, 5.41) is 6.04. The Balaban J connectivity index is 1.94. The van der Waals surface area contributed by atoms with Gasteiger partial charge in [0.1, 0.15) is 5.82 Å². The van der Waals surface area contributed by atoms with Crippen molar-refractivity contribution in [2.45, 2.75) is 19.8 Å². The van der Waals surface area contributed by atoms with Crippen LogP contribution in [0, 0.1) is 0 Å². The van der Waals surface area contributed by atoms with Gasteiger partial charge in [-0.2, -0.15) is 0 Å². The van der Waals surface area contributed by atoms with Gasteiger partial charge < -0.3 is 10.6 Å². The molecule has 0 unspecified atom stereocenters. The first kappa shape index (κ1) is 12.6. The molecule has 0 radical (unpaired) electrons. The van der Waals surface area contributed by atoms with Crippen LogP contribution in [0.5, 0.6) is 0 Å². The number of pyridine rings is 2. The highest BCUT2D eigenvalue weighted by Crippen LogP contribution is 2.26. The van der Waals surface area contributed by atoms with Crippen molar-refractivity contribution in [3.63, 3.8) is 0 Å². The summed E-state index contributed by atoms with van der Waals surface area (Å²) in [7, 11) is 0. The standard InChI is InChI=1S/C15H16N4O/c1-10(20)19-14-6-13(7-16-9-14)12-5-11-3-2-4-17-15(11)18-8-12/h5-9H,2-4H2,1H3,(H,17,18)(H,19,20). The van der Waals surface area contributed by atoms with E-state index >= 15 is 0 Å². The third-order valence-electron chi connectivity index (χ3n) is 3.27. The van der Waals surface area contributed by atoms with Gasteiger partial charge in [0, 0.05) is 37.0 Å². The first-order valence-electron chi connectivity index (χ1n) is 6.68. The summed E-state index contributed by atoms with van der Waals surface area (Å²) in [6.45, 7) is 2.47. The number of carbonyl (C=O) groups excluding carboxylic acids is 1. The van der Waals surface area contributed by atoms with Crippen LogP contribution >= 0.6 is 0 Å². The lowest BCUT2D eigenvalue weighted by Gasteiger charge is -2.17. The molecule has 0 saturated carbocycles. The number of rotatable bonds is 2. The number of fused-ring (bicyclic) bond motifs is 1. The lowest BCUT2D eigenvalue weighted by atomic mass is 10.0. The second-order valence-electron chi connectivity index (χ2n) is 4.91. The van der Waals surface area contributed by atoms with Crippen molar-refractivity contribution >= 4 is 17.4 Å². The molecule has 2 N–H and O–H groups in total. The molecule has 0 spiro atoms. The number of nitrogens with one attached hydrogen (secondary N) is 2. The number of aryl methyl sites for hydroxylation is 1. The van der Waals surface area contributed by atoms with Gasteiger partial charge in [0.25, 0.3) is 0 Å². The predicted octanol–water partition coefficient (Wildman–Crippen LogP) is 2.46. The number of carbonyl (C=O) groups is 1. The lowest BCUT2D eigenvalue weighted by molar-refractivity contribution is -0.114. The van der Waals surface area contributed by atoms with Crippen molar-refractivity contribution in [3.8, 4) is 11.1 Å². The fourth-order valence-electron chi connectivity index (χ4n) is 2.37. The molecule has 0 fully saturated rings. The van der Waals surface area contributed by atoms with Gasteiger partial charge in [0.05, 0.1) is 11.9 Å². The third-order valence-corrected chi connectivity index (χ3v) is 3.27. The monoisotopic (exact) mass is 268 g/mol. The highest BCUT2D eigenvalue weighted by Gasteiger charge is 2.11. The van der Waals surface area contributed by atoms with Gasteiger partial charge in [0.15, 0.2) is 0 Å². The molecule has 0 aliphatic carbocycles. The normalized spacial score (nSPS) is 13.2. The Hall–Kier alpha value is -2.43. The van der Waals surface area contributed by atoms with Gasteiger partial charge in [0.2, 0.25) is 5.91 Å². The summed E-state index contributed by atoms with van der Waals surface area (Å²) in [6.07, 6.45) is 7.43. The summed E-state index contributed by atoms with van der Waals surface area (Å²) < 4.78 is 0. The molecule has 0 atom stereocenters. The Morgan fingerprint density at radius 1 is 1.25 bits per heavy atom. The van der Waals surface area contributed by atoms with E-state index in [9.17, 15) is 4.79 Å². The minimum Gasteiger partial charge on any atom is -0.370 e. The van der Waals surface area contributed by atoms with Crippen molar-refractivity contribution in [1.82, 2.24) is 9.97 Å². The highest BCUT2D eigenvalue weighted by atomic mass is 16.1. The average molecular weight is 268 g/mol. The average Bonchev–Trinajstić information content (AvgIpc) is 2.46. The number of amides is 1. The van der Waals surface area contributed by atoms with Crippen molar-refractivity contribution in [1.29, 1.82) is 0 Å². The molecule has 102 valence electrons. The highest BCUT2D eigenvalue weighted by molar-refractivity contribution is 5.89. The van der Waals surface area contributed by atoms with E-state index < -0.39 is 0 Å². The fraction of sp³-hybridized carbons (Fsp3) is 0.267. The van der Waals surface area contributed by atoms with Gasteiger partial charge in [-0.1, -0.05) is 0 Å². The van der Waals surface area contributed by atoms with Crippen LogP contribution in [-0.4, -0.2) is 22.4 Å². The first-order valence-corrected chi connectivity index (χ1v) is 6.68. The summed E-state index contributed by atoms with van der Waals surface area (Å²) in [5.74, 6) is 0.877. The van der Waals surface area contributed by atoms with Gasteiger partial charge in [-0.05, 0) is 30.5 Å². The zero-order chi connectivity index (χ0) is 13.9. The maximum Gasteiger partial charge on any atom is 0.221 e. The summed E-state index contributed by atoms with van der Waals surface area (Å²) in [6, 6.07) is 4.05. The number of hydrogen-bond acceptors (Lipinski definition) is 4. The van der Waals surface area contributed by atoms with Crippen molar-refractivity contribution in [3.05, 3.63) is 36.3 Å². The maximum absolute atomic E-state index is 11.1. The third kappa shape index (κ3) is 2.61. The van der Waals surface area contributed by atoms with Gasteiger partial charge in [-0.25, -0.2) is 4.98 Å². The molecule has 20 heavy (non-hydrogen) atoms. The molecule has 3 heterocycles. The number of anilines is 2. The Bertz CT molecular complexity index is 654. The first-order chi connectivity index (χ1) is 9.72. The molecule has 2 aromatic heterocycles. The molecule has 1 aliphatic heterocycles. The Labute approximate surface area is 117 Å². The lowest BCUT2D eigenvalue weighted by Crippen LogP contribution is -2.13. The van der Waals surface area contributed by atoms with Gasteiger partial charge in [-0.15, -0.1) is 0 Å². The van der Waals surface area contributed by atoms with Crippen LogP contribution in [0.3, 0.4) is 0 Å². The molecular formula is C15H16N4O. The molecule has 2 aromatic rings. The van der Waals surface area contributed by atoms with Crippen LogP contribution < -0.4 is 10.6 Å². The van der Waals surface area contributed by atoms with Crippen molar-refractivity contribution < 1.29 is 4.79 Å². The van der Waals surface area contributed by atoms with Crippen LogP contribution in [0.1, 0.15) is 18.9 Å². The largest absolute Gasteiger partial charge is 0.370 e. The summed E-state index contributed by atoms with van der Waals surface area (Å²) in [4.78, 5) is 19.7. The number of hydrogen-bond donors (Lipinski definition) is 2. The zero-order valence-electron chi connectivity index (χ0n) is 11.3. The topological polar surface area (TPSA) is 66.9 Å².